The first-order valence-corrected chi connectivity index (χ1v) is 3.20. The third-order valence-electron chi connectivity index (χ3n) is 0.566. The Kier molecular flexibility index (Phi) is 48.3. The molecule has 5 heteroatoms. The van der Waals surface area contributed by atoms with Crippen LogP contribution < -0.4 is 0 Å². The number of allylic oxidation sites excluding steroid dienone is 1. The first-order valence-electron chi connectivity index (χ1n) is 3.20. The topological polar surface area (TPSA) is 12.9 Å². The fourth-order valence-corrected chi connectivity index (χ4v) is 0.313. The van der Waals surface area contributed by atoms with Gasteiger partial charge in [-0.3, -0.25) is 4.98 Å². The number of hydrogen-bond donors (Lipinski definition) is 0. The molecule has 0 aliphatic carbocycles. The molecule has 86 valence electrons. The number of pyridine rings is 1. The molecule has 1 aromatic heterocycles. The maximum atomic E-state index is 3.78. The molecule has 0 radical (unpaired) electrons. The molecule has 1 heterocycles. The number of aromatic nitrogens is 1. The lowest BCUT2D eigenvalue weighted by molar-refractivity contribution is 1.33. The van der Waals surface area contributed by atoms with Crippen molar-refractivity contribution in [2.24, 2.45) is 0 Å². The summed E-state index contributed by atoms with van der Waals surface area (Å²) in [5, 5.41) is 0. The molecule has 14 heavy (non-hydrogen) atoms. The summed E-state index contributed by atoms with van der Waals surface area (Å²) in [6, 6.07) is 5.72. The Hall–Kier alpha value is 0.0500. The molecule has 0 N–H and O–H groups in total. The van der Waals surface area contributed by atoms with E-state index >= 15 is 0 Å². The van der Waals surface area contributed by atoms with Gasteiger partial charge in [-0.1, -0.05) is 11.6 Å². The molecule has 0 atom stereocenters. The van der Waals surface area contributed by atoms with E-state index in [1.807, 2.05) is 32.0 Å². The second-order valence-corrected chi connectivity index (χ2v) is 2.23. The summed E-state index contributed by atoms with van der Waals surface area (Å²) in [5.41, 5.74) is 1.17. The van der Waals surface area contributed by atoms with E-state index in [0.717, 1.165) is 0 Å². The lowest BCUT2D eigenvalue weighted by Gasteiger charge is -1.70. The van der Waals surface area contributed by atoms with Gasteiger partial charge in [-0.2, -0.15) is 0 Å². The molecule has 0 aromatic carbocycles. The predicted octanol–water partition coefficient (Wildman–Crippen LogP) is 4.35. The minimum absolute atomic E-state index is 0. The molecular formula is C9H17Cl4N. The van der Waals surface area contributed by atoms with Crippen molar-refractivity contribution in [3.63, 3.8) is 0 Å². The van der Waals surface area contributed by atoms with Crippen molar-refractivity contribution < 1.29 is 0 Å². The van der Waals surface area contributed by atoms with Gasteiger partial charge in [-0.25, -0.2) is 0 Å². The third kappa shape index (κ3) is 40.2. The maximum Gasteiger partial charge on any atom is 0.0267 e. The van der Waals surface area contributed by atoms with E-state index in [0.29, 0.717) is 0 Å². The zero-order valence-electron chi connectivity index (χ0n) is 8.17. The zero-order valence-corrected chi connectivity index (χ0v) is 11.4. The lowest BCUT2D eigenvalue weighted by atomic mass is 10.4. The van der Waals surface area contributed by atoms with Gasteiger partial charge in [-0.15, -0.1) is 56.2 Å². The molecular weight excluding hydrogens is 264 g/mol. The summed E-state index contributed by atoms with van der Waals surface area (Å²) in [4.78, 5) is 3.78. The molecule has 0 bridgehead atoms. The van der Waals surface area contributed by atoms with E-state index in [4.69, 9.17) is 0 Å². The number of rotatable bonds is 0. The highest BCUT2D eigenvalue weighted by Gasteiger charge is 1.58. The third-order valence-corrected chi connectivity index (χ3v) is 0.566. The fourth-order valence-electron chi connectivity index (χ4n) is 0.313. The Morgan fingerprint density at radius 1 is 0.857 bits per heavy atom. The van der Waals surface area contributed by atoms with Crippen LogP contribution in [0.15, 0.2) is 42.7 Å². The second-order valence-electron chi connectivity index (χ2n) is 2.23. The van der Waals surface area contributed by atoms with Gasteiger partial charge in [0.05, 0.1) is 0 Å². The summed E-state index contributed by atoms with van der Waals surface area (Å²) >= 11 is 0. The molecule has 0 aliphatic heterocycles. The smallest absolute Gasteiger partial charge is 0.0267 e. The van der Waals surface area contributed by atoms with Crippen molar-refractivity contribution in [1.82, 2.24) is 4.98 Å². The highest BCUT2D eigenvalue weighted by Crippen LogP contribution is 1.74. The molecule has 1 rings (SSSR count). The van der Waals surface area contributed by atoms with Crippen LogP contribution in [0.25, 0.3) is 0 Å². The summed E-state index contributed by atoms with van der Waals surface area (Å²) in [6.07, 6.45) is 3.50. The van der Waals surface area contributed by atoms with Crippen molar-refractivity contribution in [3.05, 3.63) is 42.7 Å². The summed E-state index contributed by atoms with van der Waals surface area (Å²) in [7, 11) is 0. The monoisotopic (exact) mass is 279 g/mol. The Bertz CT molecular complexity index is 149. The van der Waals surface area contributed by atoms with E-state index in [1.54, 1.807) is 12.4 Å². The summed E-state index contributed by atoms with van der Waals surface area (Å²) in [5.74, 6) is 0. The molecule has 1 nitrogen and oxygen atoms in total. The van der Waals surface area contributed by atoms with Crippen molar-refractivity contribution in [2.45, 2.75) is 13.8 Å². The normalized spacial score (nSPS) is 5.29. The Morgan fingerprint density at radius 2 is 1.14 bits per heavy atom. The van der Waals surface area contributed by atoms with E-state index in [1.165, 1.54) is 5.57 Å². The molecule has 1 aromatic rings. The Balaban J connectivity index is -0.0000000315. The maximum absolute atomic E-state index is 3.78. The molecule has 0 unspecified atom stereocenters. The average molecular weight is 281 g/mol. The first-order chi connectivity index (χ1) is 4.73. The van der Waals surface area contributed by atoms with Crippen LogP contribution >= 0.6 is 49.6 Å². The van der Waals surface area contributed by atoms with Crippen LogP contribution in [-0.4, -0.2) is 4.98 Å². The van der Waals surface area contributed by atoms with Crippen molar-refractivity contribution in [2.75, 3.05) is 0 Å². The number of halogens is 4. The van der Waals surface area contributed by atoms with Crippen LogP contribution in [0.3, 0.4) is 0 Å². The highest BCUT2D eigenvalue weighted by molar-refractivity contribution is 5.86. The summed E-state index contributed by atoms with van der Waals surface area (Å²) < 4.78 is 0. The van der Waals surface area contributed by atoms with E-state index < -0.39 is 0 Å². The van der Waals surface area contributed by atoms with Crippen LogP contribution in [0.2, 0.25) is 0 Å². The molecule has 0 spiro atoms. The van der Waals surface area contributed by atoms with Crippen LogP contribution in [0.1, 0.15) is 13.8 Å². The van der Waals surface area contributed by atoms with Gasteiger partial charge >= 0.3 is 0 Å². The van der Waals surface area contributed by atoms with Gasteiger partial charge in [0.15, 0.2) is 0 Å². The fraction of sp³-hybridized carbons (Fsp3) is 0.222. The molecule has 0 aliphatic rings. The van der Waals surface area contributed by atoms with E-state index in [-0.39, 0.29) is 49.6 Å². The van der Waals surface area contributed by atoms with Crippen molar-refractivity contribution in [3.8, 4) is 0 Å². The average Bonchev–Trinajstić information content (AvgIpc) is 1.90. The minimum Gasteiger partial charge on any atom is -0.265 e. The number of hydrogen-bond acceptors (Lipinski definition) is 1. The molecule has 0 saturated heterocycles. The first kappa shape index (κ1) is 29.2. The van der Waals surface area contributed by atoms with Crippen molar-refractivity contribution in [1.29, 1.82) is 0 Å². The van der Waals surface area contributed by atoms with Crippen LogP contribution in [0.5, 0.6) is 0 Å². The SMILES string of the molecule is C=C(C)C.Cl.Cl.Cl.Cl.c1ccncc1. The minimum atomic E-state index is 0. The van der Waals surface area contributed by atoms with Crippen LogP contribution in [0.4, 0.5) is 0 Å². The van der Waals surface area contributed by atoms with Gasteiger partial charge in [0, 0.05) is 12.4 Å². The van der Waals surface area contributed by atoms with Gasteiger partial charge in [-0.05, 0) is 26.0 Å². The van der Waals surface area contributed by atoms with Gasteiger partial charge < -0.3 is 0 Å². The van der Waals surface area contributed by atoms with Gasteiger partial charge in [0.2, 0.25) is 0 Å². The molecule has 0 amide bonds. The van der Waals surface area contributed by atoms with Gasteiger partial charge in [0.1, 0.15) is 0 Å². The zero-order chi connectivity index (χ0) is 7.82. The standard InChI is InChI=1S/C5H5N.C4H8.4ClH/c1-2-4-6-5-3-1;1-4(2)3;;;;/h1-5H;1H2,2-3H3;4*1H. The van der Waals surface area contributed by atoms with Crippen LogP contribution in [-0.2, 0) is 0 Å². The predicted molar refractivity (Wildman–Crippen MR) is 73.7 cm³/mol. The quantitative estimate of drug-likeness (QED) is 0.644. The summed E-state index contributed by atoms with van der Waals surface area (Å²) in [6.45, 7) is 7.50. The van der Waals surface area contributed by atoms with E-state index in [2.05, 4.69) is 11.6 Å². The molecule has 0 fully saturated rings. The number of nitrogens with zero attached hydrogens (tertiary/aromatic N) is 1. The molecule has 0 saturated carbocycles. The Labute approximate surface area is 111 Å². The van der Waals surface area contributed by atoms with E-state index in [9.17, 15) is 0 Å². The van der Waals surface area contributed by atoms with Crippen LogP contribution in [0, 0.1) is 0 Å². The lowest BCUT2D eigenvalue weighted by Crippen LogP contribution is -1.58. The highest BCUT2D eigenvalue weighted by atomic mass is 35.5. The second kappa shape index (κ2) is 23.1. The Morgan fingerprint density at radius 3 is 1.21 bits per heavy atom. The van der Waals surface area contributed by atoms with Gasteiger partial charge in [0.25, 0.3) is 0 Å². The largest absolute Gasteiger partial charge is 0.265 e. The van der Waals surface area contributed by atoms with Crippen molar-refractivity contribution >= 4 is 49.6 Å².